The van der Waals surface area contributed by atoms with Crippen LogP contribution >= 0.6 is 0 Å². The van der Waals surface area contributed by atoms with Crippen LogP contribution in [0.3, 0.4) is 0 Å². The molecule has 84 valence electrons. The van der Waals surface area contributed by atoms with Gasteiger partial charge >= 0.3 is 0 Å². The first kappa shape index (κ1) is 10.7. The summed E-state index contributed by atoms with van der Waals surface area (Å²) < 4.78 is 7.46. The fourth-order valence-corrected chi connectivity index (χ4v) is 1.98. The van der Waals surface area contributed by atoms with Crippen LogP contribution in [0.5, 0.6) is 0 Å². The van der Waals surface area contributed by atoms with Gasteiger partial charge in [-0.05, 0) is 31.4 Å². The largest absolute Gasteiger partial charge is 0.381 e. The number of hydrogen-bond acceptors (Lipinski definition) is 2. The van der Waals surface area contributed by atoms with Crippen molar-refractivity contribution in [1.82, 2.24) is 9.88 Å². The van der Waals surface area contributed by atoms with Crippen molar-refractivity contribution in [2.45, 2.75) is 31.8 Å². The molecule has 1 aromatic heterocycles. The van der Waals surface area contributed by atoms with E-state index in [0.717, 1.165) is 32.6 Å². The molecule has 1 fully saturated rings. The molecule has 0 aromatic carbocycles. The Kier molecular flexibility index (Phi) is 3.12. The fraction of sp³-hybridized carbons (Fsp3) is 0.667. The molecule has 1 aromatic rings. The highest BCUT2D eigenvalue weighted by atomic mass is 16.5. The molecule has 0 amide bonds. The monoisotopic (exact) mass is 208 g/mol. The van der Waals surface area contributed by atoms with Gasteiger partial charge in [-0.2, -0.15) is 0 Å². The molecule has 0 spiro atoms. The van der Waals surface area contributed by atoms with Crippen LogP contribution in [0.15, 0.2) is 18.5 Å². The van der Waals surface area contributed by atoms with Crippen molar-refractivity contribution in [3.63, 3.8) is 0 Å². The molecule has 1 N–H and O–H groups in total. The standard InChI is InChI=1S/C12H20N2O/c1-12(4-7-15-8-5-12)13-9-11-3-6-14(2)10-11/h3,6,10,13H,4-5,7-9H2,1-2H3. The predicted molar refractivity (Wildman–Crippen MR) is 60.7 cm³/mol. The van der Waals surface area contributed by atoms with Crippen molar-refractivity contribution in [3.8, 4) is 0 Å². The third-order valence-corrected chi connectivity index (χ3v) is 3.21. The summed E-state index contributed by atoms with van der Waals surface area (Å²) >= 11 is 0. The Labute approximate surface area is 91.4 Å². The van der Waals surface area contributed by atoms with Crippen molar-refractivity contribution >= 4 is 0 Å². The number of nitrogens with zero attached hydrogens (tertiary/aromatic N) is 1. The van der Waals surface area contributed by atoms with E-state index in [1.807, 2.05) is 0 Å². The second-order valence-electron chi connectivity index (χ2n) is 4.71. The van der Waals surface area contributed by atoms with Crippen LogP contribution in [0.1, 0.15) is 25.3 Å². The summed E-state index contributed by atoms with van der Waals surface area (Å²) in [5.41, 5.74) is 1.61. The number of aryl methyl sites for hydroxylation is 1. The Morgan fingerprint density at radius 3 is 2.80 bits per heavy atom. The van der Waals surface area contributed by atoms with Crippen LogP contribution in [0.25, 0.3) is 0 Å². The maximum absolute atomic E-state index is 5.38. The van der Waals surface area contributed by atoms with Crippen LogP contribution in [0.4, 0.5) is 0 Å². The minimum Gasteiger partial charge on any atom is -0.381 e. The van der Waals surface area contributed by atoms with Crippen LogP contribution in [0.2, 0.25) is 0 Å². The summed E-state index contributed by atoms with van der Waals surface area (Å²) in [5, 5.41) is 3.63. The molecule has 0 saturated carbocycles. The number of aromatic nitrogens is 1. The van der Waals surface area contributed by atoms with Crippen LogP contribution < -0.4 is 5.32 Å². The lowest BCUT2D eigenvalue weighted by Crippen LogP contribution is -2.46. The highest BCUT2D eigenvalue weighted by Crippen LogP contribution is 2.20. The number of hydrogen-bond donors (Lipinski definition) is 1. The normalized spacial score (nSPS) is 20.4. The van der Waals surface area contributed by atoms with E-state index in [1.54, 1.807) is 0 Å². The van der Waals surface area contributed by atoms with Gasteiger partial charge in [-0.1, -0.05) is 0 Å². The minimum atomic E-state index is 0.258. The Hall–Kier alpha value is -0.800. The molecule has 1 saturated heterocycles. The molecule has 3 heteroatoms. The van der Waals surface area contributed by atoms with Crippen molar-refractivity contribution in [3.05, 3.63) is 24.0 Å². The lowest BCUT2D eigenvalue weighted by atomic mass is 9.92. The number of rotatable bonds is 3. The molecular formula is C12H20N2O. The van der Waals surface area contributed by atoms with Gasteiger partial charge in [0.15, 0.2) is 0 Å². The van der Waals surface area contributed by atoms with E-state index in [-0.39, 0.29) is 5.54 Å². The van der Waals surface area contributed by atoms with Gasteiger partial charge in [-0.15, -0.1) is 0 Å². The van der Waals surface area contributed by atoms with E-state index in [1.165, 1.54) is 5.56 Å². The van der Waals surface area contributed by atoms with E-state index >= 15 is 0 Å². The average molecular weight is 208 g/mol. The molecule has 1 aliphatic rings. The second kappa shape index (κ2) is 4.37. The fourth-order valence-electron chi connectivity index (χ4n) is 1.98. The zero-order valence-corrected chi connectivity index (χ0v) is 9.62. The highest BCUT2D eigenvalue weighted by molar-refractivity contribution is 5.10. The molecular weight excluding hydrogens is 188 g/mol. The third-order valence-electron chi connectivity index (χ3n) is 3.21. The smallest absolute Gasteiger partial charge is 0.0483 e. The zero-order valence-electron chi connectivity index (χ0n) is 9.62. The predicted octanol–water partition coefficient (Wildman–Crippen LogP) is 1.68. The number of nitrogens with one attached hydrogen (secondary N) is 1. The van der Waals surface area contributed by atoms with Gasteiger partial charge in [0.2, 0.25) is 0 Å². The van der Waals surface area contributed by atoms with Crippen LogP contribution in [0, 0.1) is 0 Å². The van der Waals surface area contributed by atoms with Crippen LogP contribution in [-0.4, -0.2) is 23.3 Å². The van der Waals surface area contributed by atoms with E-state index in [4.69, 9.17) is 4.74 Å². The summed E-state index contributed by atoms with van der Waals surface area (Å²) in [5.74, 6) is 0. The molecule has 0 bridgehead atoms. The molecule has 3 nitrogen and oxygen atoms in total. The van der Waals surface area contributed by atoms with Gasteiger partial charge in [0.25, 0.3) is 0 Å². The van der Waals surface area contributed by atoms with Gasteiger partial charge in [0.1, 0.15) is 0 Å². The van der Waals surface area contributed by atoms with Gasteiger partial charge < -0.3 is 14.6 Å². The van der Waals surface area contributed by atoms with Crippen LogP contribution in [-0.2, 0) is 18.3 Å². The van der Waals surface area contributed by atoms with Gasteiger partial charge in [0.05, 0.1) is 0 Å². The van der Waals surface area contributed by atoms with E-state index in [9.17, 15) is 0 Å². The molecule has 0 radical (unpaired) electrons. The number of ether oxygens (including phenoxy) is 1. The molecule has 0 unspecified atom stereocenters. The summed E-state index contributed by atoms with van der Waals surface area (Å²) in [6.07, 6.45) is 6.47. The molecule has 0 aliphatic carbocycles. The molecule has 1 aliphatic heterocycles. The first-order valence-electron chi connectivity index (χ1n) is 5.62. The topological polar surface area (TPSA) is 26.2 Å². The second-order valence-corrected chi connectivity index (χ2v) is 4.71. The summed E-state index contributed by atoms with van der Waals surface area (Å²) in [7, 11) is 2.06. The summed E-state index contributed by atoms with van der Waals surface area (Å²) in [6, 6.07) is 2.16. The van der Waals surface area contributed by atoms with E-state index < -0.39 is 0 Å². The first-order chi connectivity index (χ1) is 7.18. The molecule has 15 heavy (non-hydrogen) atoms. The van der Waals surface area contributed by atoms with E-state index in [2.05, 4.69) is 42.3 Å². The lowest BCUT2D eigenvalue weighted by Gasteiger charge is -2.34. The minimum absolute atomic E-state index is 0.258. The molecule has 0 atom stereocenters. The van der Waals surface area contributed by atoms with Crippen molar-refractivity contribution in [1.29, 1.82) is 0 Å². The van der Waals surface area contributed by atoms with Gasteiger partial charge in [0, 0.05) is 44.7 Å². The van der Waals surface area contributed by atoms with Crippen molar-refractivity contribution in [2.75, 3.05) is 13.2 Å². The maximum atomic E-state index is 5.38. The summed E-state index contributed by atoms with van der Waals surface area (Å²) in [6.45, 7) is 5.02. The van der Waals surface area contributed by atoms with E-state index in [0.29, 0.717) is 0 Å². The van der Waals surface area contributed by atoms with Gasteiger partial charge in [-0.3, -0.25) is 0 Å². The first-order valence-corrected chi connectivity index (χ1v) is 5.62. The Bertz CT molecular complexity index is 313. The SMILES string of the molecule is Cn1ccc(CNC2(C)CCOCC2)c1. The third kappa shape index (κ3) is 2.83. The zero-order chi connectivity index (χ0) is 10.7. The van der Waals surface area contributed by atoms with Crippen molar-refractivity contribution < 1.29 is 4.74 Å². The van der Waals surface area contributed by atoms with Crippen molar-refractivity contribution in [2.24, 2.45) is 7.05 Å². The maximum Gasteiger partial charge on any atom is 0.0483 e. The Morgan fingerprint density at radius 1 is 1.47 bits per heavy atom. The molecule has 2 heterocycles. The summed E-state index contributed by atoms with van der Waals surface area (Å²) in [4.78, 5) is 0. The highest BCUT2D eigenvalue weighted by Gasteiger charge is 2.26. The van der Waals surface area contributed by atoms with Gasteiger partial charge in [-0.25, -0.2) is 0 Å². The Morgan fingerprint density at radius 2 is 2.20 bits per heavy atom. The quantitative estimate of drug-likeness (QED) is 0.818. The molecule has 2 rings (SSSR count). The Balaban J connectivity index is 1.86. The average Bonchev–Trinajstić information content (AvgIpc) is 2.63. The lowest BCUT2D eigenvalue weighted by molar-refractivity contribution is 0.0446.